The molecule has 2 aliphatic heterocycles. The Kier molecular flexibility index (Phi) is 5.35. The first kappa shape index (κ1) is 21.7. The number of nitriles is 1. The van der Waals surface area contributed by atoms with E-state index in [1.165, 1.54) is 48.5 Å². The van der Waals surface area contributed by atoms with E-state index in [-0.39, 0.29) is 22.6 Å². The Bertz CT molecular complexity index is 1440. The fourth-order valence-corrected chi connectivity index (χ4v) is 3.85. The van der Waals surface area contributed by atoms with Crippen molar-refractivity contribution in [3.63, 3.8) is 0 Å². The van der Waals surface area contributed by atoms with Crippen LogP contribution in [-0.2, 0) is 9.59 Å². The number of anilines is 2. The number of hydrogen-bond donors (Lipinski definition) is 1. The summed E-state index contributed by atoms with van der Waals surface area (Å²) in [6, 6.07) is 18.5. The van der Waals surface area contributed by atoms with Gasteiger partial charge in [0.15, 0.2) is 11.5 Å². The van der Waals surface area contributed by atoms with Gasteiger partial charge in [-0.3, -0.25) is 19.7 Å². The van der Waals surface area contributed by atoms with E-state index >= 15 is 0 Å². The predicted octanol–water partition coefficient (Wildman–Crippen LogP) is 3.63. The third-order valence-electron chi connectivity index (χ3n) is 5.52. The van der Waals surface area contributed by atoms with Crippen molar-refractivity contribution in [2.24, 2.45) is 0 Å². The standard InChI is InChI=1S/C25H16N4O6/c26-14-15-1-6-18(7-2-15)28-24(30)22(16-3-8-19(9-4-16)29(32)33)23(25(28)31)27-17-5-10-20-21(13-17)35-12-11-34-20/h1-10,13,27H,11-12H2. The SMILES string of the molecule is N#Cc1ccc(N2C(=O)C(Nc3ccc4c(c3)OCCO4)=C(c3ccc([N+](=O)[O-])cc3)C2=O)cc1. The van der Waals surface area contributed by atoms with E-state index in [1.807, 2.05) is 6.07 Å². The molecule has 0 spiro atoms. The van der Waals surface area contributed by atoms with Crippen molar-refractivity contribution in [3.8, 4) is 17.6 Å². The average molecular weight is 468 g/mol. The maximum atomic E-state index is 13.5. The van der Waals surface area contributed by atoms with Crippen molar-refractivity contribution in [2.45, 2.75) is 0 Å². The molecule has 10 heteroatoms. The molecular formula is C25H16N4O6. The zero-order valence-corrected chi connectivity index (χ0v) is 18.1. The maximum absolute atomic E-state index is 13.5. The number of amides is 2. The van der Waals surface area contributed by atoms with Crippen LogP contribution in [0, 0.1) is 21.4 Å². The van der Waals surface area contributed by atoms with E-state index in [4.69, 9.17) is 14.7 Å². The Labute approximate surface area is 198 Å². The number of ether oxygens (including phenoxy) is 2. The number of benzene rings is 3. The van der Waals surface area contributed by atoms with E-state index in [2.05, 4.69) is 5.32 Å². The van der Waals surface area contributed by atoms with Crippen LogP contribution in [-0.4, -0.2) is 30.0 Å². The van der Waals surface area contributed by atoms with Crippen LogP contribution in [0.4, 0.5) is 17.1 Å². The van der Waals surface area contributed by atoms with Crippen molar-refractivity contribution in [3.05, 3.63) is 93.7 Å². The number of nitrogens with one attached hydrogen (secondary N) is 1. The zero-order valence-electron chi connectivity index (χ0n) is 18.1. The van der Waals surface area contributed by atoms with Crippen molar-refractivity contribution in [2.75, 3.05) is 23.4 Å². The summed E-state index contributed by atoms with van der Waals surface area (Å²) in [6.07, 6.45) is 0. The van der Waals surface area contributed by atoms with Gasteiger partial charge in [0.25, 0.3) is 17.5 Å². The fourth-order valence-electron chi connectivity index (χ4n) is 3.85. The van der Waals surface area contributed by atoms with Gasteiger partial charge < -0.3 is 14.8 Å². The highest BCUT2D eigenvalue weighted by atomic mass is 16.6. The molecule has 5 rings (SSSR count). The Morgan fingerprint density at radius 1 is 0.914 bits per heavy atom. The van der Waals surface area contributed by atoms with Crippen LogP contribution in [0.2, 0.25) is 0 Å². The van der Waals surface area contributed by atoms with Gasteiger partial charge in [-0.2, -0.15) is 5.26 Å². The number of imide groups is 1. The van der Waals surface area contributed by atoms with Gasteiger partial charge in [-0.1, -0.05) is 0 Å². The summed E-state index contributed by atoms with van der Waals surface area (Å²) < 4.78 is 11.1. The quantitative estimate of drug-likeness (QED) is 0.341. The normalized spacial score (nSPS) is 14.7. The minimum absolute atomic E-state index is 0.00453. The second-order valence-electron chi connectivity index (χ2n) is 7.64. The van der Waals surface area contributed by atoms with E-state index in [1.54, 1.807) is 18.2 Å². The summed E-state index contributed by atoms with van der Waals surface area (Å²) in [5.41, 5.74) is 1.42. The molecular weight excluding hydrogens is 452 g/mol. The monoisotopic (exact) mass is 468 g/mol. The van der Waals surface area contributed by atoms with Crippen molar-refractivity contribution >= 4 is 34.4 Å². The molecule has 0 aromatic heterocycles. The first-order chi connectivity index (χ1) is 17.0. The van der Waals surface area contributed by atoms with Crippen LogP contribution in [0.1, 0.15) is 11.1 Å². The summed E-state index contributed by atoms with van der Waals surface area (Å²) in [7, 11) is 0. The van der Waals surface area contributed by atoms with Crippen LogP contribution in [0.3, 0.4) is 0 Å². The molecule has 0 saturated heterocycles. The molecule has 10 nitrogen and oxygen atoms in total. The lowest BCUT2D eigenvalue weighted by molar-refractivity contribution is -0.384. The lowest BCUT2D eigenvalue weighted by Crippen LogP contribution is -2.32. The maximum Gasteiger partial charge on any atom is 0.282 e. The minimum atomic E-state index is -0.608. The van der Waals surface area contributed by atoms with Gasteiger partial charge in [0.05, 0.1) is 27.8 Å². The summed E-state index contributed by atoms with van der Waals surface area (Å²) in [6.45, 7) is 0.818. The van der Waals surface area contributed by atoms with Crippen molar-refractivity contribution in [1.29, 1.82) is 5.26 Å². The van der Waals surface area contributed by atoms with Gasteiger partial charge in [-0.25, -0.2) is 4.90 Å². The predicted molar refractivity (Wildman–Crippen MR) is 125 cm³/mol. The molecule has 2 heterocycles. The molecule has 0 fully saturated rings. The molecule has 0 saturated carbocycles. The molecule has 1 N–H and O–H groups in total. The van der Waals surface area contributed by atoms with Crippen LogP contribution >= 0.6 is 0 Å². The Balaban J connectivity index is 1.57. The number of non-ortho nitro benzene ring substituents is 1. The number of nitro benzene ring substituents is 1. The summed E-state index contributed by atoms with van der Waals surface area (Å²) >= 11 is 0. The van der Waals surface area contributed by atoms with Gasteiger partial charge in [-0.15, -0.1) is 0 Å². The number of rotatable bonds is 5. The van der Waals surface area contributed by atoms with Crippen LogP contribution in [0.25, 0.3) is 5.57 Å². The smallest absolute Gasteiger partial charge is 0.282 e. The fraction of sp³-hybridized carbons (Fsp3) is 0.0800. The topological polar surface area (TPSA) is 135 Å². The highest BCUT2D eigenvalue weighted by Crippen LogP contribution is 2.37. The molecule has 0 atom stereocenters. The first-order valence-corrected chi connectivity index (χ1v) is 10.5. The van der Waals surface area contributed by atoms with Gasteiger partial charge in [-0.05, 0) is 54.1 Å². The molecule has 0 unspecified atom stereocenters. The highest BCUT2D eigenvalue weighted by molar-refractivity contribution is 6.46. The van der Waals surface area contributed by atoms with E-state index in [0.29, 0.717) is 41.5 Å². The minimum Gasteiger partial charge on any atom is -0.486 e. The molecule has 172 valence electrons. The number of nitrogens with zero attached hydrogens (tertiary/aromatic N) is 3. The zero-order chi connectivity index (χ0) is 24.5. The third-order valence-corrected chi connectivity index (χ3v) is 5.52. The molecule has 0 radical (unpaired) electrons. The second-order valence-corrected chi connectivity index (χ2v) is 7.64. The number of nitro groups is 1. The van der Waals surface area contributed by atoms with Crippen LogP contribution < -0.4 is 19.7 Å². The number of carbonyl (C=O) groups excluding carboxylic acids is 2. The van der Waals surface area contributed by atoms with E-state index in [0.717, 1.165) is 4.90 Å². The highest BCUT2D eigenvalue weighted by Gasteiger charge is 2.40. The van der Waals surface area contributed by atoms with Gasteiger partial charge in [0.2, 0.25) is 0 Å². The van der Waals surface area contributed by atoms with Crippen LogP contribution in [0.5, 0.6) is 11.5 Å². The van der Waals surface area contributed by atoms with Gasteiger partial charge in [0, 0.05) is 23.9 Å². The molecule has 2 aliphatic rings. The Morgan fingerprint density at radius 3 is 2.26 bits per heavy atom. The molecule has 3 aromatic carbocycles. The Hall–Kier alpha value is -5.17. The van der Waals surface area contributed by atoms with E-state index in [9.17, 15) is 19.7 Å². The summed E-state index contributed by atoms with van der Waals surface area (Å²) in [4.78, 5) is 38.5. The Morgan fingerprint density at radius 2 is 1.60 bits per heavy atom. The lowest BCUT2D eigenvalue weighted by atomic mass is 10.0. The third kappa shape index (κ3) is 3.91. The molecule has 3 aromatic rings. The van der Waals surface area contributed by atoms with Crippen LogP contribution in [0.15, 0.2) is 72.4 Å². The number of fused-ring (bicyclic) bond motifs is 1. The molecule has 0 bridgehead atoms. The second kappa shape index (κ2) is 8.64. The average Bonchev–Trinajstić information content (AvgIpc) is 3.13. The largest absolute Gasteiger partial charge is 0.486 e. The lowest BCUT2D eigenvalue weighted by Gasteiger charge is -2.19. The first-order valence-electron chi connectivity index (χ1n) is 10.5. The van der Waals surface area contributed by atoms with Gasteiger partial charge in [0.1, 0.15) is 18.9 Å². The van der Waals surface area contributed by atoms with Gasteiger partial charge >= 0.3 is 0 Å². The molecule has 0 aliphatic carbocycles. The summed E-state index contributed by atoms with van der Waals surface area (Å²) in [5.74, 6) is -0.143. The summed E-state index contributed by atoms with van der Waals surface area (Å²) in [5, 5.41) is 23.2. The molecule has 35 heavy (non-hydrogen) atoms. The van der Waals surface area contributed by atoms with Crippen molar-refractivity contribution in [1.82, 2.24) is 0 Å². The van der Waals surface area contributed by atoms with Crippen molar-refractivity contribution < 1.29 is 24.0 Å². The number of hydrogen-bond acceptors (Lipinski definition) is 8. The van der Waals surface area contributed by atoms with E-state index < -0.39 is 16.7 Å². The number of carbonyl (C=O) groups is 2. The molecule has 2 amide bonds.